The quantitative estimate of drug-likeness (QED) is 0.604. The minimum Gasteiger partial charge on any atom is -0.284 e. The molecule has 1 heterocycles. The smallest absolute Gasteiger partial charge is 0.284 e. The lowest BCUT2D eigenvalue weighted by atomic mass is 10.2. The Bertz CT molecular complexity index is 283. The fraction of sp³-hybridized carbons (Fsp3) is 0.167. The van der Waals surface area contributed by atoms with Gasteiger partial charge < -0.3 is 0 Å². The highest BCUT2D eigenvalue weighted by atomic mass is 19.4. The minimum atomic E-state index is -4.86. The largest absolute Gasteiger partial charge is 0.454 e. The van der Waals surface area contributed by atoms with Crippen molar-refractivity contribution in [2.24, 2.45) is 0 Å². The molecule has 0 bridgehead atoms. The summed E-state index contributed by atoms with van der Waals surface area (Å²) < 4.78 is 35.2. The van der Waals surface area contributed by atoms with Crippen LogP contribution in [0.3, 0.4) is 0 Å². The van der Waals surface area contributed by atoms with Crippen molar-refractivity contribution in [2.45, 2.75) is 6.18 Å². The predicted molar refractivity (Wildman–Crippen MR) is 32.4 cm³/mol. The Morgan fingerprint density at radius 1 is 1.25 bits per heavy atom. The average molecular weight is 176 g/mol. The number of carbonyl (C=O) groups is 1. The fourth-order valence-corrected chi connectivity index (χ4v) is 0.580. The van der Waals surface area contributed by atoms with Crippen molar-refractivity contribution in [3.63, 3.8) is 0 Å². The molecule has 3 nitrogen and oxygen atoms in total. The second-order valence-corrected chi connectivity index (χ2v) is 1.95. The zero-order chi connectivity index (χ0) is 9.19. The topological polar surface area (TPSA) is 42.9 Å². The Labute approximate surface area is 65.3 Å². The normalized spacial score (nSPS) is 11.2. The van der Waals surface area contributed by atoms with Crippen molar-refractivity contribution in [2.75, 3.05) is 0 Å². The maximum absolute atomic E-state index is 11.7. The van der Waals surface area contributed by atoms with Crippen LogP contribution in [0.2, 0.25) is 0 Å². The third kappa shape index (κ3) is 1.77. The van der Waals surface area contributed by atoms with Gasteiger partial charge in [0.2, 0.25) is 0 Å². The van der Waals surface area contributed by atoms with Gasteiger partial charge in [-0.2, -0.15) is 13.2 Å². The molecule has 6 heteroatoms. The van der Waals surface area contributed by atoms with Crippen LogP contribution < -0.4 is 0 Å². The highest BCUT2D eigenvalue weighted by Crippen LogP contribution is 2.19. The molecule has 1 aromatic rings. The number of alkyl halides is 3. The SMILES string of the molecule is O=C(c1cncnc1)C(F)(F)F. The van der Waals surface area contributed by atoms with Crippen molar-refractivity contribution >= 4 is 5.78 Å². The second kappa shape index (κ2) is 2.88. The van der Waals surface area contributed by atoms with E-state index in [1.807, 2.05) is 0 Å². The van der Waals surface area contributed by atoms with E-state index in [4.69, 9.17) is 0 Å². The molecule has 1 aromatic heterocycles. The molecule has 12 heavy (non-hydrogen) atoms. The first kappa shape index (κ1) is 8.63. The summed E-state index contributed by atoms with van der Waals surface area (Å²) in [6.07, 6.45) is -2.16. The summed E-state index contributed by atoms with van der Waals surface area (Å²) in [6, 6.07) is 0. The van der Waals surface area contributed by atoms with Crippen LogP contribution in [0.15, 0.2) is 18.7 Å². The number of carbonyl (C=O) groups excluding carboxylic acids is 1. The number of rotatable bonds is 1. The molecule has 64 valence electrons. The van der Waals surface area contributed by atoms with Crippen LogP contribution in [0.4, 0.5) is 13.2 Å². The maximum Gasteiger partial charge on any atom is 0.454 e. The molecule has 0 aromatic carbocycles. The highest BCUT2D eigenvalue weighted by Gasteiger charge is 2.39. The monoisotopic (exact) mass is 176 g/mol. The van der Waals surface area contributed by atoms with Crippen LogP contribution in [0.1, 0.15) is 10.4 Å². The van der Waals surface area contributed by atoms with Crippen molar-refractivity contribution in [3.05, 3.63) is 24.3 Å². The molecule has 0 saturated carbocycles. The van der Waals surface area contributed by atoms with Gasteiger partial charge in [-0.25, -0.2) is 9.97 Å². The molecule has 0 spiro atoms. The molecule has 0 aliphatic carbocycles. The Balaban J connectivity index is 2.94. The lowest BCUT2D eigenvalue weighted by Crippen LogP contribution is -2.22. The van der Waals surface area contributed by atoms with Crippen LogP contribution in [-0.4, -0.2) is 21.9 Å². The van der Waals surface area contributed by atoms with E-state index < -0.39 is 17.5 Å². The van der Waals surface area contributed by atoms with Gasteiger partial charge in [-0.3, -0.25) is 4.79 Å². The summed E-state index contributed by atoms with van der Waals surface area (Å²) in [6.45, 7) is 0. The predicted octanol–water partition coefficient (Wildman–Crippen LogP) is 1.22. The fourth-order valence-electron chi connectivity index (χ4n) is 0.580. The summed E-state index contributed by atoms with van der Waals surface area (Å²) in [5.74, 6) is -1.93. The standard InChI is InChI=1S/C6H3F3N2O/c7-6(8,9)5(12)4-1-10-3-11-2-4/h1-3H. The molecule has 0 fully saturated rings. The molecule has 0 aliphatic heterocycles. The van der Waals surface area contributed by atoms with Gasteiger partial charge in [-0.1, -0.05) is 0 Å². The van der Waals surface area contributed by atoms with E-state index in [1.54, 1.807) is 0 Å². The number of ketones is 1. The summed E-state index contributed by atoms with van der Waals surface area (Å²) >= 11 is 0. The summed E-state index contributed by atoms with van der Waals surface area (Å²) in [5.41, 5.74) is -0.551. The molecular formula is C6H3F3N2O. The van der Waals surface area contributed by atoms with Gasteiger partial charge >= 0.3 is 6.18 Å². The first-order valence-corrected chi connectivity index (χ1v) is 2.88. The van der Waals surface area contributed by atoms with Crippen LogP contribution in [0.25, 0.3) is 0 Å². The van der Waals surface area contributed by atoms with Gasteiger partial charge in [-0.05, 0) is 0 Å². The first-order valence-electron chi connectivity index (χ1n) is 2.88. The number of halogens is 3. The third-order valence-electron chi connectivity index (χ3n) is 1.08. The lowest BCUT2D eigenvalue weighted by Gasteiger charge is -2.02. The molecular weight excluding hydrogens is 173 g/mol. The zero-order valence-electron chi connectivity index (χ0n) is 5.67. The van der Waals surface area contributed by atoms with E-state index in [-0.39, 0.29) is 0 Å². The average Bonchev–Trinajstić information content (AvgIpc) is 2.03. The van der Waals surface area contributed by atoms with Crippen molar-refractivity contribution in [3.8, 4) is 0 Å². The van der Waals surface area contributed by atoms with Crippen molar-refractivity contribution < 1.29 is 18.0 Å². The molecule has 0 unspecified atom stereocenters. The van der Waals surface area contributed by atoms with E-state index in [9.17, 15) is 18.0 Å². The number of hydrogen-bond acceptors (Lipinski definition) is 3. The maximum atomic E-state index is 11.7. The van der Waals surface area contributed by atoms with Crippen molar-refractivity contribution in [1.29, 1.82) is 0 Å². The number of aromatic nitrogens is 2. The van der Waals surface area contributed by atoms with E-state index in [2.05, 4.69) is 9.97 Å². The number of Topliss-reactive ketones (excluding diaryl/α,β-unsaturated/α-hetero) is 1. The van der Waals surface area contributed by atoms with Gasteiger partial charge in [0.15, 0.2) is 0 Å². The molecule has 0 N–H and O–H groups in total. The lowest BCUT2D eigenvalue weighted by molar-refractivity contribution is -0.0885. The summed E-state index contributed by atoms with van der Waals surface area (Å²) in [4.78, 5) is 17.0. The van der Waals surface area contributed by atoms with Crippen molar-refractivity contribution in [1.82, 2.24) is 9.97 Å². The van der Waals surface area contributed by atoms with Crippen LogP contribution in [0.5, 0.6) is 0 Å². The van der Waals surface area contributed by atoms with E-state index >= 15 is 0 Å². The van der Waals surface area contributed by atoms with Crippen LogP contribution in [-0.2, 0) is 0 Å². The molecule has 0 saturated heterocycles. The second-order valence-electron chi connectivity index (χ2n) is 1.95. The van der Waals surface area contributed by atoms with E-state index in [0.29, 0.717) is 0 Å². The molecule has 0 atom stereocenters. The number of hydrogen-bond donors (Lipinski definition) is 0. The van der Waals surface area contributed by atoms with Gasteiger partial charge in [0.05, 0.1) is 5.56 Å². The molecule has 0 aliphatic rings. The minimum absolute atomic E-state index is 0.551. The number of nitrogens with zero attached hydrogens (tertiary/aromatic N) is 2. The summed E-state index contributed by atoms with van der Waals surface area (Å²) in [5, 5.41) is 0. The highest BCUT2D eigenvalue weighted by molar-refractivity contribution is 5.99. The Kier molecular flexibility index (Phi) is 2.07. The summed E-state index contributed by atoms with van der Waals surface area (Å²) in [7, 11) is 0. The van der Waals surface area contributed by atoms with E-state index in [1.165, 1.54) is 0 Å². The zero-order valence-corrected chi connectivity index (χ0v) is 5.67. The Hall–Kier alpha value is -1.46. The Morgan fingerprint density at radius 2 is 1.75 bits per heavy atom. The van der Waals surface area contributed by atoms with Gasteiger partial charge in [0.1, 0.15) is 6.33 Å². The van der Waals surface area contributed by atoms with E-state index in [0.717, 1.165) is 18.7 Å². The first-order chi connectivity index (χ1) is 5.52. The van der Waals surface area contributed by atoms with Crippen LogP contribution >= 0.6 is 0 Å². The Morgan fingerprint density at radius 3 is 2.17 bits per heavy atom. The molecule has 0 radical (unpaired) electrons. The molecule has 1 rings (SSSR count). The van der Waals surface area contributed by atoms with Gasteiger partial charge in [-0.15, -0.1) is 0 Å². The van der Waals surface area contributed by atoms with Crippen LogP contribution in [0, 0.1) is 0 Å². The third-order valence-corrected chi connectivity index (χ3v) is 1.08. The van der Waals surface area contributed by atoms with Gasteiger partial charge in [0.25, 0.3) is 5.78 Å². The molecule has 0 amide bonds. The van der Waals surface area contributed by atoms with Gasteiger partial charge in [0, 0.05) is 12.4 Å².